The number of amides is 1. The Morgan fingerprint density at radius 1 is 1.62 bits per heavy atom. The van der Waals surface area contributed by atoms with E-state index in [0.717, 1.165) is 0 Å². The van der Waals surface area contributed by atoms with Gasteiger partial charge in [0.2, 0.25) is 5.91 Å². The average molecular weight is 216 g/mol. The zero-order valence-electron chi connectivity index (χ0n) is 8.75. The molecule has 0 fully saturated rings. The van der Waals surface area contributed by atoms with Gasteiger partial charge in [0.05, 0.1) is 6.20 Å². The summed E-state index contributed by atoms with van der Waals surface area (Å²) in [7, 11) is 1.73. The number of carbonyl (C=O) groups is 1. The molecule has 2 rings (SSSR count). The predicted molar refractivity (Wildman–Crippen MR) is 56.7 cm³/mol. The van der Waals surface area contributed by atoms with Gasteiger partial charge in [0.15, 0.2) is 5.65 Å². The third-order valence-corrected chi connectivity index (χ3v) is 2.20. The molecule has 0 N–H and O–H groups in total. The molecule has 16 heavy (non-hydrogen) atoms. The number of rotatable bonds is 1. The van der Waals surface area contributed by atoms with Gasteiger partial charge in [0.1, 0.15) is 0 Å². The number of pyridine rings is 1. The minimum Gasteiger partial charge on any atom is -0.287 e. The van der Waals surface area contributed by atoms with Gasteiger partial charge < -0.3 is 0 Å². The van der Waals surface area contributed by atoms with Gasteiger partial charge in [-0.25, -0.2) is 4.98 Å². The highest BCUT2D eigenvalue weighted by Gasteiger charge is 2.13. The van der Waals surface area contributed by atoms with E-state index in [9.17, 15) is 4.79 Å². The molecule has 2 aromatic heterocycles. The minimum absolute atomic E-state index is 0.327. The van der Waals surface area contributed by atoms with E-state index in [-0.39, 0.29) is 0 Å². The number of nitrogens with zero attached hydrogens (tertiary/aromatic N) is 6. The fourth-order valence-electron chi connectivity index (χ4n) is 1.51. The van der Waals surface area contributed by atoms with E-state index >= 15 is 0 Å². The largest absolute Gasteiger partial charge is 0.287 e. The lowest BCUT2D eigenvalue weighted by Crippen LogP contribution is -1.99. The molecule has 0 spiro atoms. The summed E-state index contributed by atoms with van der Waals surface area (Å²) in [5.41, 5.74) is 9.84. The molecular formula is C9H8N6O. The summed E-state index contributed by atoms with van der Waals surface area (Å²) in [6.07, 6.45) is 1.53. The molecule has 0 aliphatic heterocycles. The summed E-state index contributed by atoms with van der Waals surface area (Å²) in [6.45, 7) is 1.76. The van der Waals surface area contributed by atoms with Crippen LogP contribution in [-0.2, 0) is 7.05 Å². The molecule has 7 nitrogen and oxygen atoms in total. The molecule has 0 radical (unpaired) electrons. The SMILES string of the molecule is Cc1cc(C(=O)N=[N+]=[N-])c2cnn(C)c2n1. The van der Waals surface area contributed by atoms with Crippen molar-refractivity contribution in [3.8, 4) is 0 Å². The molecule has 2 heterocycles. The predicted octanol–water partition coefficient (Wildman–Crippen LogP) is 1.73. The zero-order valence-corrected chi connectivity index (χ0v) is 8.75. The van der Waals surface area contributed by atoms with Crippen molar-refractivity contribution in [3.05, 3.63) is 34.0 Å². The normalized spacial score (nSPS) is 10.1. The van der Waals surface area contributed by atoms with Crippen LogP contribution in [0.1, 0.15) is 16.1 Å². The molecule has 0 saturated carbocycles. The first-order chi connectivity index (χ1) is 7.63. The van der Waals surface area contributed by atoms with Gasteiger partial charge in [0, 0.05) is 28.6 Å². The summed E-state index contributed by atoms with van der Waals surface area (Å²) in [4.78, 5) is 18.3. The molecule has 0 aliphatic carbocycles. The van der Waals surface area contributed by atoms with Crippen LogP contribution < -0.4 is 0 Å². The van der Waals surface area contributed by atoms with E-state index in [1.54, 1.807) is 24.7 Å². The van der Waals surface area contributed by atoms with Gasteiger partial charge >= 0.3 is 0 Å². The Morgan fingerprint density at radius 2 is 2.38 bits per heavy atom. The van der Waals surface area contributed by atoms with Gasteiger partial charge in [-0.3, -0.25) is 9.48 Å². The van der Waals surface area contributed by atoms with Crippen molar-refractivity contribution in [2.45, 2.75) is 6.92 Å². The Bertz CT molecular complexity index is 622. The van der Waals surface area contributed by atoms with E-state index < -0.39 is 5.91 Å². The Labute approximate surface area is 90.3 Å². The van der Waals surface area contributed by atoms with Gasteiger partial charge in [-0.05, 0) is 23.6 Å². The molecule has 0 aromatic carbocycles. The lowest BCUT2D eigenvalue weighted by molar-refractivity contribution is 0.100. The van der Waals surface area contributed by atoms with Crippen molar-refractivity contribution in [2.24, 2.45) is 12.2 Å². The van der Waals surface area contributed by atoms with Crippen LogP contribution in [0.3, 0.4) is 0 Å². The maximum atomic E-state index is 11.5. The fraction of sp³-hybridized carbons (Fsp3) is 0.222. The highest BCUT2D eigenvalue weighted by Crippen LogP contribution is 2.18. The van der Waals surface area contributed by atoms with E-state index in [4.69, 9.17) is 5.53 Å². The Morgan fingerprint density at radius 3 is 3.06 bits per heavy atom. The number of azide groups is 1. The summed E-state index contributed by atoms with van der Waals surface area (Å²) in [6, 6.07) is 1.58. The molecule has 0 saturated heterocycles. The van der Waals surface area contributed by atoms with E-state index in [1.807, 2.05) is 0 Å². The standard InChI is InChI=1S/C9H8N6O/c1-5-3-6(9(16)13-14-10)7-4-11-15(2)8(7)12-5/h3-4H,1-2H3. The highest BCUT2D eigenvalue weighted by atomic mass is 16.1. The van der Waals surface area contributed by atoms with Crippen LogP contribution in [0.5, 0.6) is 0 Å². The van der Waals surface area contributed by atoms with Gasteiger partial charge in [-0.15, -0.1) is 0 Å². The first-order valence-corrected chi connectivity index (χ1v) is 4.52. The van der Waals surface area contributed by atoms with E-state index in [2.05, 4.69) is 20.1 Å². The van der Waals surface area contributed by atoms with Crippen LogP contribution >= 0.6 is 0 Å². The number of carbonyl (C=O) groups excluding carboxylic acids is 1. The molecule has 0 unspecified atom stereocenters. The molecular weight excluding hydrogens is 208 g/mol. The molecule has 80 valence electrons. The second-order valence-electron chi connectivity index (χ2n) is 3.31. The third-order valence-electron chi connectivity index (χ3n) is 2.20. The average Bonchev–Trinajstić information content (AvgIpc) is 2.60. The maximum Gasteiger partial charge on any atom is 0.250 e. The van der Waals surface area contributed by atoms with Crippen LogP contribution in [0.15, 0.2) is 17.4 Å². The number of aryl methyl sites for hydroxylation is 2. The second-order valence-corrected chi connectivity index (χ2v) is 3.31. The second kappa shape index (κ2) is 3.63. The molecule has 0 aliphatic rings. The number of fused-ring (bicyclic) bond motifs is 1. The Balaban J connectivity index is 2.78. The van der Waals surface area contributed by atoms with E-state index in [0.29, 0.717) is 22.3 Å². The van der Waals surface area contributed by atoms with Crippen LogP contribution in [0, 0.1) is 6.92 Å². The fourth-order valence-corrected chi connectivity index (χ4v) is 1.51. The van der Waals surface area contributed by atoms with Crippen molar-refractivity contribution in [2.75, 3.05) is 0 Å². The molecule has 7 heteroatoms. The van der Waals surface area contributed by atoms with Crippen LogP contribution in [0.4, 0.5) is 0 Å². The summed E-state index contributed by atoms with van der Waals surface area (Å²) < 4.78 is 1.56. The van der Waals surface area contributed by atoms with Crippen LogP contribution in [0.2, 0.25) is 0 Å². The number of aromatic nitrogens is 3. The van der Waals surface area contributed by atoms with Gasteiger partial charge in [0.25, 0.3) is 0 Å². The smallest absolute Gasteiger partial charge is 0.250 e. The summed E-state index contributed by atoms with van der Waals surface area (Å²) in [5, 5.41) is 7.67. The number of hydrogen-bond donors (Lipinski definition) is 0. The minimum atomic E-state index is -0.619. The van der Waals surface area contributed by atoms with Gasteiger partial charge in [-0.2, -0.15) is 5.10 Å². The molecule has 1 amide bonds. The Hall–Kier alpha value is -2.40. The molecule has 0 atom stereocenters. The van der Waals surface area contributed by atoms with Crippen molar-refractivity contribution >= 4 is 16.9 Å². The molecule has 2 aromatic rings. The number of hydrogen-bond acceptors (Lipinski definition) is 3. The van der Waals surface area contributed by atoms with Crippen LogP contribution in [0.25, 0.3) is 21.5 Å². The first-order valence-electron chi connectivity index (χ1n) is 4.52. The zero-order chi connectivity index (χ0) is 11.7. The Kier molecular flexibility index (Phi) is 2.30. The van der Waals surface area contributed by atoms with Crippen LogP contribution in [-0.4, -0.2) is 20.7 Å². The van der Waals surface area contributed by atoms with E-state index in [1.165, 1.54) is 6.20 Å². The monoisotopic (exact) mass is 216 g/mol. The quantitative estimate of drug-likeness (QED) is 0.412. The van der Waals surface area contributed by atoms with Crippen molar-refractivity contribution in [1.29, 1.82) is 0 Å². The van der Waals surface area contributed by atoms with Crippen molar-refractivity contribution in [1.82, 2.24) is 14.8 Å². The topological polar surface area (TPSA) is 96.5 Å². The third kappa shape index (κ3) is 1.49. The van der Waals surface area contributed by atoms with Gasteiger partial charge in [-0.1, -0.05) is 0 Å². The lowest BCUT2D eigenvalue weighted by Gasteiger charge is -2.00. The highest BCUT2D eigenvalue weighted by molar-refractivity contribution is 6.05. The maximum absolute atomic E-state index is 11.5. The summed E-state index contributed by atoms with van der Waals surface area (Å²) >= 11 is 0. The summed E-state index contributed by atoms with van der Waals surface area (Å²) in [5.74, 6) is -0.619. The lowest BCUT2D eigenvalue weighted by atomic mass is 10.1. The molecule has 0 bridgehead atoms. The first kappa shape index (κ1) is 10.1. The van der Waals surface area contributed by atoms with Crippen molar-refractivity contribution in [3.63, 3.8) is 0 Å². The van der Waals surface area contributed by atoms with Crippen molar-refractivity contribution < 1.29 is 4.79 Å².